The van der Waals surface area contributed by atoms with Crippen LogP contribution in [0.4, 0.5) is 21.0 Å². The van der Waals surface area contributed by atoms with Gasteiger partial charge in [-0.1, -0.05) is 18.2 Å². The van der Waals surface area contributed by atoms with Gasteiger partial charge in [-0.3, -0.25) is 4.90 Å². The molecule has 0 atom stereocenters. The third kappa shape index (κ3) is 3.66. The monoisotopic (exact) mass is 383 g/mol. The van der Waals surface area contributed by atoms with Crippen molar-refractivity contribution in [3.05, 3.63) is 48.5 Å². The van der Waals surface area contributed by atoms with Crippen LogP contribution in [-0.2, 0) is 4.74 Å². The van der Waals surface area contributed by atoms with E-state index in [0.29, 0.717) is 49.1 Å². The molecule has 0 aliphatic carbocycles. The average molecular weight is 383 g/mol. The molecule has 0 radical (unpaired) electrons. The summed E-state index contributed by atoms with van der Waals surface area (Å²) in [5.74, 6) is 1.34. The molecule has 2 aliphatic rings. The highest BCUT2D eigenvalue weighted by atomic mass is 16.6. The summed E-state index contributed by atoms with van der Waals surface area (Å²) >= 11 is 0. The Morgan fingerprint density at radius 2 is 1.93 bits per heavy atom. The quantitative estimate of drug-likeness (QED) is 0.859. The average Bonchev–Trinajstić information content (AvgIpc) is 3.10. The third-order valence-corrected chi connectivity index (χ3v) is 4.67. The van der Waals surface area contributed by atoms with E-state index >= 15 is 0 Å². The third-order valence-electron chi connectivity index (χ3n) is 4.67. The van der Waals surface area contributed by atoms with Crippen LogP contribution in [0.2, 0.25) is 0 Å². The fourth-order valence-corrected chi connectivity index (χ4v) is 3.16. The van der Waals surface area contributed by atoms with Crippen LogP contribution in [-0.4, -0.2) is 56.5 Å². The van der Waals surface area contributed by atoms with Crippen LogP contribution in [0.1, 0.15) is 0 Å². The number of likely N-dealkylation sites (tertiary alicyclic amines) is 1. The number of anilines is 2. The Morgan fingerprint density at radius 1 is 1.14 bits per heavy atom. The minimum Gasteiger partial charge on any atom is -0.493 e. The standard InChI is InChI=1S/C20H21N3O5/c1-26-17-7-2-3-8-18(17)28-16-12-22(13-16)19(24)21-14-5-4-6-15(11-14)23-9-10-27-20(23)25/h2-8,11,16H,9-10,12-13H2,1H3,(H,21,24). The van der Waals surface area contributed by atoms with Gasteiger partial charge in [-0.05, 0) is 30.3 Å². The van der Waals surface area contributed by atoms with E-state index in [9.17, 15) is 9.59 Å². The van der Waals surface area contributed by atoms with Crippen molar-refractivity contribution < 1.29 is 23.8 Å². The number of hydrogen-bond donors (Lipinski definition) is 1. The molecule has 2 heterocycles. The molecule has 2 aromatic rings. The Labute approximate surface area is 162 Å². The van der Waals surface area contributed by atoms with E-state index < -0.39 is 0 Å². The van der Waals surface area contributed by atoms with Gasteiger partial charge >= 0.3 is 12.1 Å². The number of rotatable bonds is 5. The number of cyclic esters (lactones) is 1. The summed E-state index contributed by atoms with van der Waals surface area (Å²) < 4.78 is 16.1. The van der Waals surface area contributed by atoms with E-state index in [0.717, 1.165) is 0 Å². The normalized spacial score (nSPS) is 16.4. The summed E-state index contributed by atoms with van der Waals surface area (Å²) in [6.45, 7) is 1.85. The molecular formula is C20H21N3O5. The number of carbonyl (C=O) groups is 2. The summed E-state index contributed by atoms with van der Waals surface area (Å²) in [4.78, 5) is 27.3. The topological polar surface area (TPSA) is 80.3 Å². The first kappa shape index (κ1) is 18.0. The number of ether oxygens (including phenoxy) is 3. The fourth-order valence-electron chi connectivity index (χ4n) is 3.16. The fraction of sp³-hybridized carbons (Fsp3) is 0.300. The van der Waals surface area contributed by atoms with E-state index in [-0.39, 0.29) is 18.2 Å². The summed E-state index contributed by atoms with van der Waals surface area (Å²) in [6, 6.07) is 14.4. The molecule has 8 heteroatoms. The number of nitrogens with one attached hydrogen (secondary N) is 1. The molecule has 146 valence electrons. The Hall–Kier alpha value is -3.42. The van der Waals surface area contributed by atoms with Crippen molar-refractivity contribution in [2.24, 2.45) is 0 Å². The predicted octanol–water partition coefficient (Wildman–Crippen LogP) is 2.95. The molecule has 3 amide bonds. The summed E-state index contributed by atoms with van der Waals surface area (Å²) in [7, 11) is 1.60. The molecule has 2 aromatic carbocycles. The van der Waals surface area contributed by atoms with Crippen LogP contribution in [0.5, 0.6) is 11.5 Å². The Kier molecular flexibility index (Phi) is 4.92. The zero-order valence-electron chi connectivity index (χ0n) is 15.5. The maximum atomic E-state index is 12.4. The SMILES string of the molecule is COc1ccccc1OC1CN(C(=O)Nc2cccc(N3CCOC3=O)c2)C1. The van der Waals surface area contributed by atoms with Gasteiger partial charge in [-0.25, -0.2) is 9.59 Å². The minimum atomic E-state index is -0.373. The lowest BCUT2D eigenvalue weighted by Crippen LogP contribution is -2.57. The molecular weight excluding hydrogens is 362 g/mol. The van der Waals surface area contributed by atoms with Gasteiger partial charge in [0.1, 0.15) is 12.7 Å². The second-order valence-corrected chi connectivity index (χ2v) is 6.54. The minimum absolute atomic E-state index is 0.0762. The number of urea groups is 1. The molecule has 2 saturated heterocycles. The summed E-state index contributed by atoms with van der Waals surface area (Å²) in [5, 5.41) is 2.86. The van der Waals surface area contributed by atoms with Crippen molar-refractivity contribution in [3.8, 4) is 11.5 Å². The molecule has 0 spiro atoms. The predicted molar refractivity (Wildman–Crippen MR) is 103 cm³/mol. The molecule has 0 aromatic heterocycles. The first-order valence-corrected chi connectivity index (χ1v) is 9.04. The Morgan fingerprint density at radius 3 is 2.64 bits per heavy atom. The maximum Gasteiger partial charge on any atom is 0.414 e. The van der Waals surface area contributed by atoms with Crippen molar-refractivity contribution in [3.63, 3.8) is 0 Å². The van der Waals surface area contributed by atoms with Crippen LogP contribution < -0.4 is 19.7 Å². The van der Waals surface area contributed by atoms with Gasteiger partial charge in [0, 0.05) is 11.4 Å². The van der Waals surface area contributed by atoms with Gasteiger partial charge in [0.05, 0.1) is 26.7 Å². The van der Waals surface area contributed by atoms with Gasteiger partial charge in [-0.2, -0.15) is 0 Å². The number of methoxy groups -OCH3 is 1. The lowest BCUT2D eigenvalue weighted by molar-refractivity contribution is 0.0474. The van der Waals surface area contributed by atoms with Crippen molar-refractivity contribution in [1.29, 1.82) is 0 Å². The highest BCUT2D eigenvalue weighted by molar-refractivity contribution is 5.93. The van der Waals surface area contributed by atoms with E-state index in [2.05, 4.69) is 5.32 Å². The first-order valence-electron chi connectivity index (χ1n) is 9.04. The molecule has 2 fully saturated rings. The molecule has 8 nitrogen and oxygen atoms in total. The maximum absolute atomic E-state index is 12.4. The Bertz CT molecular complexity index is 882. The van der Waals surface area contributed by atoms with Crippen molar-refractivity contribution in [2.45, 2.75) is 6.10 Å². The lowest BCUT2D eigenvalue weighted by atomic mass is 10.2. The molecule has 0 bridgehead atoms. The molecule has 0 unspecified atom stereocenters. The van der Waals surface area contributed by atoms with Gasteiger partial charge in [0.15, 0.2) is 11.5 Å². The van der Waals surface area contributed by atoms with E-state index in [1.165, 1.54) is 4.90 Å². The first-order chi connectivity index (χ1) is 13.6. The highest BCUT2D eigenvalue weighted by Gasteiger charge is 2.33. The van der Waals surface area contributed by atoms with Crippen LogP contribution in [0.25, 0.3) is 0 Å². The van der Waals surface area contributed by atoms with E-state index in [1.807, 2.05) is 30.3 Å². The number of nitrogens with zero attached hydrogens (tertiary/aromatic N) is 2. The van der Waals surface area contributed by atoms with Gasteiger partial charge in [0.2, 0.25) is 0 Å². The molecule has 28 heavy (non-hydrogen) atoms. The molecule has 0 saturated carbocycles. The van der Waals surface area contributed by atoms with E-state index in [1.54, 1.807) is 30.2 Å². The van der Waals surface area contributed by atoms with Crippen molar-refractivity contribution in [1.82, 2.24) is 4.90 Å². The smallest absolute Gasteiger partial charge is 0.414 e. The zero-order valence-corrected chi connectivity index (χ0v) is 15.5. The van der Waals surface area contributed by atoms with Gasteiger partial charge < -0.3 is 24.4 Å². The number of para-hydroxylation sites is 2. The second-order valence-electron chi connectivity index (χ2n) is 6.54. The number of benzene rings is 2. The van der Waals surface area contributed by atoms with Crippen LogP contribution in [0, 0.1) is 0 Å². The van der Waals surface area contributed by atoms with Crippen molar-refractivity contribution >= 4 is 23.5 Å². The summed E-state index contributed by atoms with van der Waals surface area (Å²) in [6.07, 6.45) is -0.449. The van der Waals surface area contributed by atoms with Crippen LogP contribution in [0.15, 0.2) is 48.5 Å². The van der Waals surface area contributed by atoms with Crippen LogP contribution >= 0.6 is 0 Å². The van der Waals surface area contributed by atoms with Crippen LogP contribution in [0.3, 0.4) is 0 Å². The lowest BCUT2D eigenvalue weighted by Gasteiger charge is -2.38. The number of amides is 3. The van der Waals surface area contributed by atoms with Gasteiger partial charge in [0.25, 0.3) is 0 Å². The molecule has 4 rings (SSSR count). The summed E-state index contributed by atoms with van der Waals surface area (Å²) in [5.41, 5.74) is 1.32. The second kappa shape index (κ2) is 7.67. The number of hydrogen-bond acceptors (Lipinski definition) is 5. The Balaban J connectivity index is 1.31. The zero-order chi connectivity index (χ0) is 19.5. The van der Waals surface area contributed by atoms with Gasteiger partial charge in [-0.15, -0.1) is 0 Å². The van der Waals surface area contributed by atoms with Crippen molar-refractivity contribution in [2.75, 3.05) is 43.6 Å². The largest absolute Gasteiger partial charge is 0.493 e. The molecule has 1 N–H and O–H groups in total. The van der Waals surface area contributed by atoms with E-state index in [4.69, 9.17) is 14.2 Å². The number of carbonyl (C=O) groups excluding carboxylic acids is 2. The highest BCUT2D eigenvalue weighted by Crippen LogP contribution is 2.29. The molecule has 2 aliphatic heterocycles.